The number of aliphatic carboxylic acids is 1. The summed E-state index contributed by atoms with van der Waals surface area (Å²) in [6.07, 6.45) is -0.527. The van der Waals surface area contributed by atoms with Crippen molar-refractivity contribution in [2.24, 2.45) is 0 Å². The van der Waals surface area contributed by atoms with E-state index >= 15 is 0 Å². The smallest absolute Gasteiger partial charge is 0.317 e. The van der Waals surface area contributed by atoms with Gasteiger partial charge in [0.25, 0.3) is 0 Å². The van der Waals surface area contributed by atoms with Crippen LogP contribution >= 0.6 is 0 Å². The largest absolute Gasteiger partial charge is 0.481 e. The zero-order valence-corrected chi connectivity index (χ0v) is 12.3. The molecule has 1 heterocycles. The van der Waals surface area contributed by atoms with Gasteiger partial charge in [-0.3, -0.25) is 4.79 Å². The molecular formula is C13H24N2O5. The normalized spacial score (nSPS) is 19.8. The highest BCUT2D eigenvalue weighted by Gasteiger charge is 2.27. The van der Waals surface area contributed by atoms with E-state index in [1.165, 1.54) is 0 Å². The molecule has 0 aromatic heterocycles. The highest BCUT2D eigenvalue weighted by Crippen LogP contribution is 2.10. The van der Waals surface area contributed by atoms with Crippen molar-refractivity contribution in [2.45, 2.75) is 38.9 Å². The molecule has 2 amide bonds. The van der Waals surface area contributed by atoms with Gasteiger partial charge in [-0.05, 0) is 20.8 Å². The van der Waals surface area contributed by atoms with E-state index in [0.29, 0.717) is 32.8 Å². The monoisotopic (exact) mass is 288 g/mol. The Labute approximate surface area is 119 Å². The van der Waals surface area contributed by atoms with Gasteiger partial charge < -0.3 is 24.8 Å². The lowest BCUT2D eigenvalue weighted by Gasteiger charge is -2.33. The lowest BCUT2D eigenvalue weighted by Crippen LogP contribution is -2.52. The molecule has 1 unspecified atom stereocenters. The van der Waals surface area contributed by atoms with Crippen molar-refractivity contribution in [3.05, 3.63) is 0 Å². The first-order valence-corrected chi connectivity index (χ1v) is 6.84. The molecule has 2 N–H and O–H groups in total. The number of carboxylic acids is 1. The van der Waals surface area contributed by atoms with Gasteiger partial charge in [0.2, 0.25) is 0 Å². The quantitative estimate of drug-likeness (QED) is 0.750. The van der Waals surface area contributed by atoms with Crippen LogP contribution in [0.4, 0.5) is 4.79 Å². The van der Waals surface area contributed by atoms with E-state index in [1.807, 2.05) is 20.8 Å². The third kappa shape index (κ3) is 5.75. The lowest BCUT2D eigenvalue weighted by molar-refractivity contribution is -0.141. The first-order chi connectivity index (χ1) is 9.34. The van der Waals surface area contributed by atoms with Crippen LogP contribution in [0.15, 0.2) is 0 Å². The average Bonchev–Trinajstić information content (AvgIpc) is 2.35. The van der Waals surface area contributed by atoms with Crippen molar-refractivity contribution in [1.82, 2.24) is 10.2 Å². The number of amides is 2. The number of carboxylic acid groups (broad SMARTS) is 1. The van der Waals surface area contributed by atoms with E-state index < -0.39 is 17.7 Å². The summed E-state index contributed by atoms with van der Waals surface area (Å²) in [4.78, 5) is 24.3. The summed E-state index contributed by atoms with van der Waals surface area (Å²) in [5.41, 5.74) is -0.419. The third-order valence-corrected chi connectivity index (χ3v) is 3.03. The summed E-state index contributed by atoms with van der Waals surface area (Å²) in [6.45, 7) is 7.83. The highest BCUT2D eigenvalue weighted by atomic mass is 16.5. The Hall–Kier alpha value is -1.34. The van der Waals surface area contributed by atoms with Gasteiger partial charge in [0, 0.05) is 26.2 Å². The highest BCUT2D eigenvalue weighted by molar-refractivity contribution is 5.74. The summed E-state index contributed by atoms with van der Waals surface area (Å²) >= 11 is 0. The maximum Gasteiger partial charge on any atom is 0.317 e. The molecule has 1 atom stereocenters. The molecule has 20 heavy (non-hydrogen) atoms. The Bertz CT molecular complexity index is 346. The molecule has 116 valence electrons. The van der Waals surface area contributed by atoms with Crippen molar-refractivity contribution in [3.8, 4) is 0 Å². The van der Waals surface area contributed by atoms with E-state index in [4.69, 9.17) is 14.6 Å². The maximum absolute atomic E-state index is 12.0. The number of rotatable bonds is 6. The van der Waals surface area contributed by atoms with E-state index in [9.17, 15) is 9.59 Å². The number of carbonyl (C=O) groups is 2. The molecule has 0 saturated carbocycles. The van der Waals surface area contributed by atoms with E-state index in [2.05, 4.69) is 5.32 Å². The first kappa shape index (κ1) is 16.7. The molecule has 1 rings (SSSR count). The minimum absolute atomic E-state index is 0.0891. The van der Waals surface area contributed by atoms with Crippen molar-refractivity contribution in [3.63, 3.8) is 0 Å². The number of hydrogen-bond donors (Lipinski definition) is 2. The predicted molar refractivity (Wildman–Crippen MR) is 72.7 cm³/mol. The zero-order valence-electron chi connectivity index (χ0n) is 12.3. The number of carbonyl (C=O) groups excluding carboxylic acids is 1. The van der Waals surface area contributed by atoms with Crippen LogP contribution in [0, 0.1) is 0 Å². The molecule has 1 saturated heterocycles. The van der Waals surface area contributed by atoms with Crippen molar-refractivity contribution in [1.29, 1.82) is 0 Å². The second kappa shape index (κ2) is 7.44. The first-order valence-electron chi connectivity index (χ1n) is 6.84. The minimum Gasteiger partial charge on any atom is -0.481 e. The van der Waals surface area contributed by atoms with Crippen LogP contribution in [-0.2, 0) is 14.3 Å². The van der Waals surface area contributed by atoms with Crippen LogP contribution in [0.2, 0.25) is 0 Å². The van der Waals surface area contributed by atoms with Crippen LogP contribution < -0.4 is 5.32 Å². The zero-order chi connectivity index (χ0) is 15.2. The summed E-state index contributed by atoms with van der Waals surface area (Å²) in [5.74, 6) is -0.922. The number of hydrogen-bond acceptors (Lipinski definition) is 4. The standard InChI is InChI=1S/C13H24N2O5/c1-4-20-13(2,3)9-14-12(18)15-5-6-19-10(8-15)7-11(16)17/h10H,4-9H2,1-3H3,(H,14,18)(H,16,17). The van der Waals surface area contributed by atoms with Crippen LogP contribution in [0.3, 0.4) is 0 Å². The van der Waals surface area contributed by atoms with Gasteiger partial charge in [-0.2, -0.15) is 0 Å². The van der Waals surface area contributed by atoms with Gasteiger partial charge in [-0.1, -0.05) is 0 Å². The molecule has 1 aliphatic rings. The van der Waals surface area contributed by atoms with Gasteiger partial charge >= 0.3 is 12.0 Å². The molecule has 0 aromatic rings. The average molecular weight is 288 g/mol. The van der Waals surface area contributed by atoms with Gasteiger partial charge in [-0.25, -0.2) is 4.79 Å². The van der Waals surface area contributed by atoms with Crippen molar-refractivity contribution < 1.29 is 24.2 Å². The molecule has 1 aliphatic heterocycles. The number of urea groups is 1. The number of ether oxygens (including phenoxy) is 2. The summed E-state index contributed by atoms with van der Waals surface area (Å²) < 4.78 is 10.8. The predicted octanol–water partition coefficient (Wildman–Crippen LogP) is 0.687. The number of nitrogens with one attached hydrogen (secondary N) is 1. The summed E-state index contributed by atoms with van der Waals surface area (Å²) in [7, 11) is 0. The topological polar surface area (TPSA) is 88.1 Å². The molecule has 7 heteroatoms. The van der Waals surface area contributed by atoms with E-state index in [1.54, 1.807) is 4.90 Å². The Morgan fingerprint density at radius 2 is 2.20 bits per heavy atom. The van der Waals surface area contributed by atoms with E-state index in [0.717, 1.165) is 0 Å². The van der Waals surface area contributed by atoms with Crippen molar-refractivity contribution >= 4 is 12.0 Å². The number of morpholine rings is 1. The Balaban J connectivity index is 2.41. The molecular weight excluding hydrogens is 264 g/mol. The third-order valence-electron chi connectivity index (χ3n) is 3.03. The van der Waals surface area contributed by atoms with Crippen LogP contribution in [-0.4, -0.2) is 66.6 Å². The summed E-state index contributed by atoms with van der Waals surface area (Å²) in [6, 6.07) is -0.212. The Morgan fingerprint density at radius 1 is 1.50 bits per heavy atom. The fraction of sp³-hybridized carbons (Fsp3) is 0.846. The Morgan fingerprint density at radius 3 is 2.80 bits per heavy atom. The van der Waals surface area contributed by atoms with Crippen LogP contribution in [0.5, 0.6) is 0 Å². The molecule has 0 radical (unpaired) electrons. The number of nitrogens with zero attached hydrogens (tertiary/aromatic N) is 1. The maximum atomic E-state index is 12.0. The van der Waals surface area contributed by atoms with Crippen LogP contribution in [0.25, 0.3) is 0 Å². The molecule has 0 bridgehead atoms. The molecule has 0 spiro atoms. The molecule has 1 fully saturated rings. The summed E-state index contributed by atoms with van der Waals surface area (Å²) in [5, 5.41) is 11.6. The van der Waals surface area contributed by atoms with Gasteiger partial charge in [0.05, 0.1) is 24.7 Å². The van der Waals surface area contributed by atoms with Crippen molar-refractivity contribution in [2.75, 3.05) is 32.8 Å². The Kier molecular flexibility index (Phi) is 6.22. The van der Waals surface area contributed by atoms with Gasteiger partial charge in [0.15, 0.2) is 0 Å². The second-order valence-electron chi connectivity index (χ2n) is 5.39. The van der Waals surface area contributed by atoms with Gasteiger partial charge in [-0.15, -0.1) is 0 Å². The second-order valence-corrected chi connectivity index (χ2v) is 5.39. The molecule has 0 aliphatic carbocycles. The molecule has 7 nitrogen and oxygen atoms in total. The fourth-order valence-corrected chi connectivity index (χ4v) is 2.06. The minimum atomic E-state index is -0.922. The SMILES string of the molecule is CCOC(C)(C)CNC(=O)N1CCOC(CC(=O)O)C1. The molecule has 0 aromatic carbocycles. The van der Waals surface area contributed by atoms with Gasteiger partial charge in [0.1, 0.15) is 0 Å². The van der Waals surface area contributed by atoms with Crippen LogP contribution in [0.1, 0.15) is 27.2 Å². The van der Waals surface area contributed by atoms with E-state index in [-0.39, 0.29) is 12.5 Å². The fourth-order valence-electron chi connectivity index (χ4n) is 2.06. The lowest BCUT2D eigenvalue weighted by atomic mass is 10.1.